The van der Waals surface area contributed by atoms with Gasteiger partial charge in [0.2, 0.25) is 0 Å². The van der Waals surface area contributed by atoms with Gasteiger partial charge in [-0.3, -0.25) is 14.4 Å². The van der Waals surface area contributed by atoms with Crippen LogP contribution in [0.5, 0.6) is 0 Å². The molecule has 0 radical (unpaired) electrons. The van der Waals surface area contributed by atoms with Crippen molar-refractivity contribution in [1.82, 2.24) is 4.90 Å². The largest absolute Gasteiger partial charge is 0.522 e. The molecule has 2 atom stereocenters. The Balaban J connectivity index is 1.89. The minimum atomic E-state index is -4.56. The fourth-order valence-electron chi connectivity index (χ4n) is 3.45. The van der Waals surface area contributed by atoms with Crippen LogP contribution in [-0.4, -0.2) is 42.8 Å². The van der Waals surface area contributed by atoms with Crippen molar-refractivity contribution in [2.24, 2.45) is 5.92 Å². The lowest BCUT2D eigenvalue weighted by Gasteiger charge is -2.41. The number of alkyl halides is 3. The van der Waals surface area contributed by atoms with E-state index in [1.807, 2.05) is 4.90 Å². The van der Waals surface area contributed by atoms with Gasteiger partial charge in [-0.2, -0.15) is 0 Å². The summed E-state index contributed by atoms with van der Waals surface area (Å²) in [6, 6.07) is 0.119. The monoisotopic (exact) mass is 293 g/mol. The molecule has 0 N–H and O–H groups in total. The molecule has 0 bridgehead atoms. The Kier molecular flexibility index (Phi) is 5.43. The van der Waals surface area contributed by atoms with Crippen molar-refractivity contribution < 1.29 is 22.7 Å². The molecule has 1 aliphatic carbocycles. The number of halogens is 3. The van der Waals surface area contributed by atoms with Gasteiger partial charge in [-0.15, -0.1) is 13.2 Å². The molecule has 3 nitrogen and oxygen atoms in total. The molecule has 0 aromatic heterocycles. The molecule has 2 aliphatic rings. The van der Waals surface area contributed by atoms with Crippen LogP contribution >= 0.6 is 0 Å². The van der Waals surface area contributed by atoms with Crippen LogP contribution in [0.3, 0.4) is 0 Å². The number of hydrogen-bond acceptors (Lipinski definition) is 3. The molecule has 0 aromatic rings. The first-order chi connectivity index (χ1) is 9.47. The maximum atomic E-state index is 12.0. The summed E-state index contributed by atoms with van der Waals surface area (Å²) in [7, 11) is 0. The van der Waals surface area contributed by atoms with Crippen molar-refractivity contribution in [3.63, 3.8) is 0 Å². The summed E-state index contributed by atoms with van der Waals surface area (Å²) in [4.78, 5) is 14.1. The van der Waals surface area contributed by atoms with E-state index >= 15 is 0 Å². The molecule has 1 saturated heterocycles. The number of nitrogens with zero attached hydrogens (tertiary/aromatic N) is 1. The van der Waals surface area contributed by atoms with Gasteiger partial charge in [-0.05, 0) is 32.2 Å². The van der Waals surface area contributed by atoms with Crippen LogP contribution in [0, 0.1) is 5.92 Å². The maximum absolute atomic E-state index is 12.0. The van der Waals surface area contributed by atoms with Gasteiger partial charge in [-0.1, -0.05) is 12.8 Å². The first kappa shape index (κ1) is 15.8. The lowest BCUT2D eigenvalue weighted by atomic mass is 9.79. The Morgan fingerprint density at radius 1 is 1.15 bits per heavy atom. The molecule has 0 amide bonds. The molecule has 6 heteroatoms. The number of hydrogen-bond donors (Lipinski definition) is 0. The lowest BCUT2D eigenvalue weighted by Crippen LogP contribution is -2.48. The first-order valence-corrected chi connectivity index (χ1v) is 7.45. The predicted molar refractivity (Wildman–Crippen MR) is 68.2 cm³/mol. The molecular formula is C14H22F3NO2. The molecule has 1 saturated carbocycles. The van der Waals surface area contributed by atoms with Crippen LogP contribution in [0.15, 0.2) is 0 Å². The number of rotatable bonds is 4. The SMILES string of the molecule is O=C1CCCCC1C1CCCCN1CCOC(F)(F)F. The Labute approximate surface area is 117 Å². The third-order valence-corrected chi connectivity index (χ3v) is 4.37. The van der Waals surface area contributed by atoms with Crippen molar-refractivity contribution >= 4 is 5.78 Å². The minimum Gasteiger partial charge on any atom is -0.299 e. The highest BCUT2D eigenvalue weighted by molar-refractivity contribution is 5.82. The number of piperidine rings is 1. The maximum Gasteiger partial charge on any atom is 0.522 e. The van der Waals surface area contributed by atoms with E-state index < -0.39 is 6.36 Å². The van der Waals surface area contributed by atoms with Crippen LogP contribution in [0.2, 0.25) is 0 Å². The number of likely N-dealkylation sites (tertiary alicyclic amines) is 1. The smallest absolute Gasteiger partial charge is 0.299 e. The van der Waals surface area contributed by atoms with Crippen LogP contribution < -0.4 is 0 Å². The van der Waals surface area contributed by atoms with Gasteiger partial charge in [-0.25, -0.2) is 0 Å². The van der Waals surface area contributed by atoms with Crippen molar-refractivity contribution in [3.05, 3.63) is 0 Å². The molecule has 1 aliphatic heterocycles. The average Bonchev–Trinajstić information content (AvgIpc) is 2.39. The van der Waals surface area contributed by atoms with E-state index in [1.165, 1.54) is 0 Å². The number of Topliss-reactive ketones (excluding diaryl/α,β-unsaturated/α-hetero) is 1. The normalized spacial score (nSPS) is 29.6. The Bertz CT molecular complexity index is 333. The zero-order valence-corrected chi connectivity index (χ0v) is 11.6. The van der Waals surface area contributed by atoms with Crippen LogP contribution in [0.25, 0.3) is 0 Å². The van der Waals surface area contributed by atoms with E-state index in [0.29, 0.717) is 12.2 Å². The molecule has 0 spiro atoms. The van der Waals surface area contributed by atoms with Crippen LogP contribution in [0.4, 0.5) is 13.2 Å². The van der Waals surface area contributed by atoms with E-state index in [-0.39, 0.29) is 25.1 Å². The third-order valence-electron chi connectivity index (χ3n) is 4.37. The van der Waals surface area contributed by atoms with Crippen LogP contribution in [0.1, 0.15) is 44.9 Å². The standard InChI is InChI=1S/C14H22F3NO2/c15-14(16,17)20-10-9-18-8-4-3-6-12(18)11-5-1-2-7-13(11)19/h11-12H,1-10H2. The van der Waals surface area contributed by atoms with Crippen LogP contribution in [-0.2, 0) is 9.53 Å². The van der Waals surface area contributed by atoms with Crippen molar-refractivity contribution in [2.75, 3.05) is 19.7 Å². The minimum absolute atomic E-state index is 0.0231. The summed E-state index contributed by atoms with van der Waals surface area (Å²) in [6.07, 6.45) is 1.94. The Hall–Kier alpha value is -0.620. The van der Waals surface area contributed by atoms with Crippen molar-refractivity contribution in [1.29, 1.82) is 0 Å². The summed E-state index contributed by atoms with van der Waals surface area (Å²) in [5.41, 5.74) is 0. The second kappa shape index (κ2) is 6.89. The van der Waals surface area contributed by atoms with E-state index in [0.717, 1.165) is 45.1 Å². The summed E-state index contributed by atoms with van der Waals surface area (Å²) in [5, 5.41) is 0. The fourth-order valence-corrected chi connectivity index (χ4v) is 3.45. The highest BCUT2D eigenvalue weighted by Crippen LogP contribution is 2.31. The highest BCUT2D eigenvalue weighted by atomic mass is 19.4. The molecule has 2 fully saturated rings. The number of carbonyl (C=O) groups is 1. The molecule has 0 aromatic carbocycles. The molecular weight excluding hydrogens is 271 g/mol. The predicted octanol–water partition coefficient (Wildman–Crippen LogP) is 3.14. The Morgan fingerprint density at radius 2 is 1.90 bits per heavy atom. The Morgan fingerprint density at radius 3 is 2.60 bits per heavy atom. The van der Waals surface area contributed by atoms with Crippen molar-refractivity contribution in [2.45, 2.75) is 57.3 Å². The number of ketones is 1. The van der Waals surface area contributed by atoms with Gasteiger partial charge < -0.3 is 0 Å². The van der Waals surface area contributed by atoms with Gasteiger partial charge in [0, 0.05) is 24.9 Å². The zero-order chi connectivity index (χ0) is 14.6. The van der Waals surface area contributed by atoms with Gasteiger partial charge in [0.15, 0.2) is 0 Å². The second-order valence-electron chi connectivity index (χ2n) is 5.71. The van der Waals surface area contributed by atoms with E-state index in [9.17, 15) is 18.0 Å². The van der Waals surface area contributed by atoms with Gasteiger partial charge >= 0.3 is 6.36 Å². The number of ether oxygens (including phenoxy) is 1. The van der Waals surface area contributed by atoms with Gasteiger partial charge in [0.1, 0.15) is 5.78 Å². The molecule has 1 heterocycles. The van der Waals surface area contributed by atoms with Gasteiger partial charge in [0.05, 0.1) is 6.61 Å². The average molecular weight is 293 g/mol. The van der Waals surface area contributed by atoms with E-state index in [2.05, 4.69) is 4.74 Å². The first-order valence-electron chi connectivity index (χ1n) is 7.45. The van der Waals surface area contributed by atoms with E-state index in [4.69, 9.17) is 0 Å². The summed E-state index contributed by atoms with van der Waals surface area (Å²) < 4.78 is 40.0. The van der Waals surface area contributed by atoms with E-state index in [1.54, 1.807) is 0 Å². The highest BCUT2D eigenvalue weighted by Gasteiger charge is 2.36. The topological polar surface area (TPSA) is 29.5 Å². The third kappa shape index (κ3) is 4.45. The molecule has 2 rings (SSSR count). The summed E-state index contributed by atoms with van der Waals surface area (Å²) >= 11 is 0. The quantitative estimate of drug-likeness (QED) is 0.797. The molecule has 116 valence electrons. The summed E-state index contributed by atoms with van der Waals surface area (Å²) in [5.74, 6) is 0.319. The second-order valence-corrected chi connectivity index (χ2v) is 5.71. The number of carbonyl (C=O) groups excluding carboxylic acids is 1. The van der Waals surface area contributed by atoms with Crippen molar-refractivity contribution in [3.8, 4) is 0 Å². The lowest BCUT2D eigenvalue weighted by molar-refractivity contribution is -0.325. The molecule has 2 unspecified atom stereocenters. The zero-order valence-electron chi connectivity index (χ0n) is 11.6. The van der Waals surface area contributed by atoms with Gasteiger partial charge in [0.25, 0.3) is 0 Å². The fraction of sp³-hybridized carbons (Fsp3) is 0.929. The molecule has 20 heavy (non-hydrogen) atoms. The summed E-state index contributed by atoms with van der Waals surface area (Å²) in [6.45, 7) is 0.685.